The van der Waals surface area contributed by atoms with Crippen LogP contribution in [0, 0.1) is 0 Å². The van der Waals surface area contributed by atoms with E-state index in [1.807, 2.05) is 36.5 Å². The molecule has 2 N–H and O–H groups in total. The van der Waals surface area contributed by atoms with E-state index >= 15 is 0 Å². The number of nitrogen functional groups attached to an aromatic ring is 1. The number of aromatic nitrogens is 1. The number of benzene rings is 1. The highest BCUT2D eigenvalue weighted by molar-refractivity contribution is 6.34. The number of anilines is 2. The average molecular weight is 303 g/mol. The van der Waals surface area contributed by atoms with Gasteiger partial charge in [-0.15, -0.1) is 0 Å². The quantitative estimate of drug-likeness (QED) is 0.885. The first kappa shape index (κ1) is 14.2. The number of piperazine rings is 1. The summed E-state index contributed by atoms with van der Waals surface area (Å²) in [6.45, 7) is 4.73. The summed E-state index contributed by atoms with van der Waals surface area (Å²) in [7, 11) is 0. The van der Waals surface area contributed by atoms with Crippen LogP contribution in [-0.4, -0.2) is 36.1 Å². The number of hydrogen-bond acceptors (Lipinski definition) is 4. The van der Waals surface area contributed by atoms with Crippen molar-refractivity contribution in [1.82, 2.24) is 9.88 Å². The Kier molecular flexibility index (Phi) is 4.27. The summed E-state index contributed by atoms with van der Waals surface area (Å²) >= 11 is 6.28. The van der Waals surface area contributed by atoms with E-state index in [0.717, 1.165) is 54.8 Å². The Labute approximate surface area is 130 Å². The van der Waals surface area contributed by atoms with E-state index in [9.17, 15) is 0 Å². The minimum atomic E-state index is 0.730. The molecule has 0 amide bonds. The minimum absolute atomic E-state index is 0.730. The molecule has 0 spiro atoms. The lowest BCUT2D eigenvalue weighted by molar-refractivity contribution is 0.247. The van der Waals surface area contributed by atoms with E-state index in [-0.39, 0.29) is 0 Å². The second kappa shape index (κ2) is 6.33. The standard InChI is InChI=1S/C16H19ClN4/c17-14-5-3-6-15(18)16(14)21-10-8-20(9-11-21)12-13-4-1-2-7-19-13/h1-7H,8-12,18H2. The van der Waals surface area contributed by atoms with Crippen molar-refractivity contribution < 1.29 is 0 Å². The molecule has 1 aliphatic heterocycles. The third-order valence-electron chi connectivity index (χ3n) is 3.82. The minimum Gasteiger partial charge on any atom is -0.397 e. The highest BCUT2D eigenvalue weighted by atomic mass is 35.5. The fourth-order valence-corrected chi connectivity index (χ4v) is 3.02. The summed E-state index contributed by atoms with van der Waals surface area (Å²) in [5, 5.41) is 0.730. The molecule has 1 saturated heterocycles. The van der Waals surface area contributed by atoms with Gasteiger partial charge >= 0.3 is 0 Å². The average Bonchev–Trinajstić information content (AvgIpc) is 2.50. The van der Waals surface area contributed by atoms with Crippen molar-refractivity contribution in [2.24, 2.45) is 0 Å². The van der Waals surface area contributed by atoms with Crippen molar-refractivity contribution in [2.45, 2.75) is 6.54 Å². The molecule has 0 saturated carbocycles. The Balaban J connectivity index is 1.63. The van der Waals surface area contributed by atoms with Crippen molar-refractivity contribution in [3.8, 4) is 0 Å². The summed E-state index contributed by atoms with van der Waals surface area (Å²) in [6, 6.07) is 11.7. The van der Waals surface area contributed by atoms with Crippen LogP contribution in [0.5, 0.6) is 0 Å². The molecule has 1 aliphatic rings. The van der Waals surface area contributed by atoms with Gasteiger partial charge in [0.2, 0.25) is 0 Å². The Hall–Kier alpha value is -1.78. The van der Waals surface area contributed by atoms with Crippen molar-refractivity contribution >= 4 is 23.0 Å². The van der Waals surface area contributed by atoms with Crippen molar-refractivity contribution in [2.75, 3.05) is 36.8 Å². The van der Waals surface area contributed by atoms with E-state index in [2.05, 4.69) is 20.9 Å². The van der Waals surface area contributed by atoms with Gasteiger partial charge in [-0.3, -0.25) is 9.88 Å². The number of halogens is 1. The first-order valence-corrected chi connectivity index (χ1v) is 7.53. The SMILES string of the molecule is Nc1cccc(Cl)c1N1CCN(Cc2ccccn2)CC1. The molecule has 0 unspecified atom stereocenters. The number of nitrogens with two attached hydrogens (primary N) is 1. The Morgan fingerprint density at radius 2 is 1.86 bits per heavy atom. The fourth-order valence-electron chi connectivity index (χ4n) is 2.72. The van der Waals surface area contributed by atoms with E-state index in [4.69, 9.17) is 17.3 Å². The molecule has 21 heavy (non-hydrogen) atoms. The zero-order chi connectivity index (χ0) is 14.7. The summed E-state index contributed by atoms with van der Waals surface area (Å²) in [4.78, 5) is 9.06. The molecular formula is C16H19ClN4. The van der Waals surface area contributed by atoms with Crippen LogP contribution in [0.3, 0.4) is 0 Å². The zero-order valence-electron chi connectivity index (χ0n) is 11.9. The number of hydrogen-bond donors (Lipinski definition) is 1. The summed E-state index contributed by atoms with van der Waals surface area (Å²) in [5.74, 6) is 0. The number of pyridine rings is 1. The first-order valence-electron chi connectivity index (χ1n) is 7.15. The van der Waals surface area contributed by atoms with Gasteiger partial charge in [0, 0.05) is 38.9 Å². The number of nitrogens with zero attached hydrogens (tertiary/aromatic N) is 3. The van der Waals surface area contributed by atoms with E-state index in [0.29, 0.717) is 0 Å². The largest absolute Gasteiger partial charge is 0.397 e. The Morgan fingerprint density at radius 1 is 1.05 bits per heavy atom. The maximum atomic E-state index is 6.28. The molecule has 4 nitrogen and oxygen atoms in total. The molecule has 0 aliphatic carbocycles. The lowest BCUT2D eigenvalue weighted by Gasteiger charge is -2.36. The van der Waals surface area contributed by atoms with Gasteiger partial charge in [0.15, 0.2) is 0 Å². The molecular weight excluding hydrogens is 284 g/mol. The van der Waals surface area contributed by atoms with Crippen LogP contribution in [0.15, 0.2) is 42.6 Å². The highest BCUT2D eigenvalue weighted by Gasteiger charge is 2.20. The van der Waals surface area contributed by atoms with Gasteiger partial charge in [0.1, 0.15) is 0 Å². The van der Waals surface area contributed by atoms with Crippen LogP contribution < -0.4 is 10.6 Å². The summed E-state index contributed by atoms with van der Waals surface area (Å²) in [6.07, 6.45) is 1.84. The molecule has 1 aromatic carbocycles. The molecule has 2 heterocycles. The third-order valence-corrected chi connectivity index (χ3v) is 4.12. The fraction of sp³-hybridized carbons (Fsp3) is 0.312. The normalized spacial score (nSPS) is 16.1. The summed E-state index contributed by atoms with van der Waals surface area (Å²) < 4.78 is 0. The van der Waals surface area contributed by atoms with E-state index < -0.39 is 0 Å². The molecule has 0 atom stereocenters. The summed E-state index contributed by atoms with van der Waals surface area (Å²) in [5.41, 5.74) is 8.89. The molecule has 110 valence electrons. The molecule has 2 aromatic rings. The highest BCUT2D eigenvalue weighted by Crippen LogP contribution is 2.32. The molecule has 0 radical (unpaired) electrons. The lowest BCUT2D eigenvalue weighted by atomic mass is 10.2. The number of rotatable bonds is 3. The second-order valence-corrected chi connectivity index (χ2v) is 5.67. The monoisotopic (exact) mass is 302 g/mol. The van der Waals surface area contributed by atoms with Gasteiger partial charge in [-0.1, -0.05) is 23.7 Å². The lowest BCUT2D eigenvalue weighted by Crippen LogP contribution is -2.46. The molecule has 5 heteroatoms. The Bertz CT molecular complexity index is 574. The zero-order valence-corrected chi connectivity index (χ0v) is 12.6. The first-order chi connectivity index (χ1) is 10.2. The predicted molar refractivity (Wildman–Crippen MR) is 87.6 cm³/mol. The van der Waals surface area contributed by atoms with Crippen LogP contribution in [0.4, 0.5) is 11.4 Å². The number of para-hydroxylation sites is 1. The molecule has 1 aromatic heterocycles. The van der Waals surface area contributed by atoms with Gasteiger partial charge in [-0.05, 0) is 24.3 Å². The van der Waals surface area contributed by atoms with Crippen LogP contribution in [0.2, 0.25) is 5.02 Å². The van der Waals surface area contributed by atoms with Crippen molar-refractivity contribution in [3.05, 3.63) is 53.3 Å². The van der Waals surface area contributed by atoms with Gasteiger partial charge < -0.3 is 10.6 Å². The van der Waals surface area contributed by atoms with Gasteiger partial charge in [-0.25, -0.2) is 0 Å². The van der Waals surface area contributed by atoms with Gasteiger partial charge in [0.25, 0.3) is 0 Å². The van der Waals surface area contributed by atoms with Crippen molar-refractivity contribution in [1.29, 1.82) is 0 Å². The van der Waals surface area contributed by atoms with Crippen LogP contribution in [-0.2, 0) is 6.54 Å². The second-order valence-electron chi connectivity index (χ2n) is 5.26. The topological polar surface area (TPSA) is 45.4 Å². The molecule has 3 rings (SSSR count). The van der Waals surface area contributed by atoms with E-state index in [1.165, 1.54) is 0 Å². The smallest absolute Gasteiger partial charge is 0.0790 e. The van der Waals surface area contributed by atoms with Crippen LogP contribution in [0.1, 0.15) is 5.69 Å². The molecule has 0 bridgehead atoms. The van der Waals surface area contributed by atoms with Crippen LogP contribution in [0.25, 0.3) is 0 Å². The third kappa shape index (κ3) is 3.28. The van der Waals surface area contributed by atoms with Crippen molar-refractivity contribution in [3.63, 3.8) is 0 Å². The van der Waals surface area contributed by atoms with E-state index in [1.54, 1.807) is 0 Å². The van der Waals surface area contributed by atoms with Gasteiger partial charge in [-0.2, -0.15) is 0 Å². The molecule has 1 fully saturated rings. The Morgan fingerprint density at radius 3 is 2.52 bits per heavy atom. The maximum absolute atomic E-state index is 6.28. The maximum Gasteiger partial charge on any atom is 0.0790 e. The van der Waals surface area contributed by atoms with Gasteiger partial charge in [0.05, 0.1) is 22.1 Å². The predicted octanol–water partition coefficient (Wildman–Crippen LogP) is 2.64. The van der Waals surface area contributed by atoms with Crippen LogP contribution >= 0.6 is 11.6 Å².